The maximum atomic E-state index is 12.8. The van der Waals surface area contributed by atoms with Crippen LogP contribution in [-0.4, -0.2) is 15.9 Å². The summed E-state index contributed by atoms with van der Waals surface area (Å²) in [6, 6.07) is 15.7. The van der Waals surface area contributed by atoms with Crippen LogP contribution < -0.4 is 5.32 Å². The highest BCUT2D eigenvalue weighted by Crippen LogP contribution is 2.37. The van der Waals surface area contributed by atoms with Crippen molar-refractivity contribution in [2.24, 2.45) is 0 Å². The van der Waals surface area contributed by atoms with Gasteiger partial charge in [-0.05, 0) is 48.2 Å². The number of nitrogens with zero attached hydrogens (tertiary/aromatic N) is 2. The lowest BCUT2D eigenvalue weighted by Crippen LogP contribution is -2.14. The summed E-state index contributed by atoms with van der Waals surface area (Å²) in [5, 5.41) is 3.01. The SMILES string of the molecule is Cc1cnccc1C(=O)Nc1ccc(-c2ccccc2)c(-c2ncco2)c1C. The van der Waals surface area contributed by atoms with Crippen LogP contribution in [0.1, 0.15) is 21.5 Å². The smallest absolute Gasteiger partial charge is 0.256 e. The normalized spacial score (nSPS) is 10.6. The van der Waals surface area contributed by atoms with E-state index in [-0.39, 0.29) is 5.91 Å². The molecule has 0 aliphatic carbocycles. The van der Waals surface area contributed by atoms with Crippen LogP contribution in [-0.2, 0) is 0 Å². The Bertz CT molecular complexity index is 1120. The van der Waals surface area contributed by atoms with Gasteiger partial charge in [-0.25, -0.2) is 4.98 Å². The molecule has 0 unspecified atom stereocenters. The van der Waals surface area contributed by atoms with Gasteiger partial charge in [0, 0.05) is 29.2 Å². The van der Waals surface area contributed by atoms with Crippen LogP contribution in [0, 0.1) is 13.8 Å². The Balaban J connectivity index is 1.79. The second-order valence-electron chi connectivity index (χ2n) is 6.51. The summed E-state index contributed by atoms with van der Waals surface area (Å²) in [7, 11) is 0. The molecular formula is C23H19N3O2. The summed E-state index contributed by atoms with van der Waals surface area (Å²) in [5.41, 5.74) is 5.95. The lowest BCUT2D eigenvalue weighted by molar-refractivity contribution is 0.102. The third-order valence-corrected chi connectivity index (χ3v) is 4.71. The van der Waals surface area contributed by atoms with Crippen molar-refractivity contribution in [1.29, 1.82) is 0 Å². The molecule has 4 aromatic rings. The van der Waals surface area contributed by atoms with Gasteiger partial charge in [-0.2, -0.15) is 0 Å². The molecule has 0 spiro atoms. The molecule has 1 N–H and O–H groups in total. The van der Waals surface area contributed by atoms with E-state index < -0.39 is 0 Å². The predicted molar refractivity (Wildman–Crippen MR) is 109 cm³/mol. The van der Waals surface area contributed by atoms with Gasteiger partial charge in [-0.3, -0.25) is 9.78 Å². The molecule has 0 radical (unpaired) electrons. The standard InChI is InChI=1S/C23H19N3O2/c1-15-14-24-11-10-18(15)22(27)26-20-9-8-19(17-6-4-3-5-7-17)21(16(20)2)23-25-12-13-28-23/h3-14H,1-2H3,(H,26,27). The van der Waals surface area contributed by atoms with Gasteiger partial charge < -0.3 is 9.73 Å². The molecule has 4 rings (SSSR count). The van der Waals surface area contributed by atoms with Crippen LogP contribution in [0.15, 0.2) is 77.8 Å². The molecule has 0 saturated heterocycles. The average molecular weight is 369 g/mol. The van der Waals surface area contributed by atoms with Crippen molar-refractivity contribution in [1.82, 2.24) is 9.97 Å². The molecule has 1 amide bonds. The summed E-state index contributed by atoms with van der Waals surface area (Å²) in [6.07, 6.45) is 6.47. The van der Waals surface area contributed by atoms with Gasteiger partial charge >= 0.3 is 0 Å². The van der Waals surface area contributed by atoms with E-state index in [9.17, 15) is 4.79 Å². The van der Waals surface area contributed by atoms with Crippen molar-refractivity contribution in [2.75, 3.05) is 5.32 Å². The zero-order valence-electron chi connectivity index (χ0n) is 15.6. The van der Waals surface area contributed by atoms with Crippen molar-refractivity contribution in [3.63, 3.8) is 0 Å². The average Bonchev–Trinajstić information content (AvgIpc) is 3.24. The number of aromatic nitrogens is 2. The van der Waals surface area contributed by atoms with Gasteiger partial charge in [0.2, 0.25) is 5.89 Å². The lowest BCUT2D eigenvalue weighted by Gasteiger charge is -2.16. The number of hydrogen-bond acceptors (Lipinski definition) is 4. The summed E-state index contributed by atoms with van der Waals surface area (Å²) < 4.78 is 5.59. The number of benzene rings is 2. The maximum absolute atomic E-state index is 12.8. The zero-order chi connectivity index (χ0) is 19.5. The summed E-state index contributed by atoms with van der Waals surface area (Å²) in [5.74, 6) is 0.348. The fourth-order valence-corrected chi connectivity index (χ4v) is 3.25. The van der Waals surface area contributed by atoms with Gasteiger partial charge in [0.25, 0.3) is 5.91 Å². The number of hydrogen-bond donors (Lipinski definition) is 1. The number of anilines is 1. The van der Waals surface area contributed by atoms with E-state index in [2.05, 4.69) is 15.3 Å². The first-order valence-corrected chi connectivity index (χ1v) is 8.96. The Hall–Kier alpha value is -3.73. The van der Waals surface area contributed by atoms with Crippen LogP contribution in [0.5, 0.6) is 0 Å². The lowest BCUT2D eigenvalue weighted by atomic mass is 9.94. The monoisotopic (exact) mass is 369 g/mol. The molecule has 5 nitrogen and oxygen atoms in total. The maximum Gasteiger partial charge on any atom is 0.256 e. The number of oxazole rings is 1. The Kier molecular flexibility index (Phi) is 4.72. The molecule has 0 fully saturated rings. The van der Waals surface area contributed by atoms with Crippen LogP contribution >= 0.6 is 0 Å². The van der Waals surface area contributed by atoms with E-state index >= 15 is 0 Å². The number of rotatable bonds is 4. The largest absolute Gasteiger partial charge is 0.444 e. The first-order chi connectivity index (χ1) is 13.6. The van der Waals surface area contributed by atoms with Crippen LogP contribution in [0.2, 0.25) is 0 Å². The van der Waals surface area contributed by atoms with Crippen molar-refractivity contribution in [2.45, 2.75) is 13.8 Å². The molecule has 2 aromatic heterocycles. The molecule has 2 aromatic carbocycles. The first kappa shape index (κ1) is 17.7. The number of aryl methyl sites for hydroxylation is 1. The van der Waals surface area contributed by atoms with Crippen molar-refractivity contribution in [3.05, 3.63) is 90.1 Å². The fourth-order valence-electron chi connectivity index (χ4n) is 3.25. The minimum absolute atomic E-state index is 0.172. The molecule has 0 atom stereocenters. The molecule has 0 aliphatic rings. The number of pyridine rings is 1. The number of nitrogens with one attached hydrogen (secondary N) is 1. The third-order valence-electron chi connectivity index (χ3n) is 4.71. The second kappa shape index (κ2) is 7.48. The molecule has 0 aliphatic heterocycles. The van der Waals surface area contributed by atoms with E-state index in [0.717, 1.165) is 27.8 Å². The molecule has 28 heavy (non-hydrogen) atoms. The molecule has 0 bridgehead atoms. The van der Waals surface area contributed by atoms with Crippen LogP contribution in [0.4, 0.5) is 5.69 Å². The minimum atomic E-state index is -0.172. The molecule has 138 valence electrons. The van der Waals surface area contributed by atoms with E-state index in [1.54, 1.807) is 30.9 Å². The summed E-state index contributed by atoms with van der Waals surface area (Å²) in [6.45, 7) is 3.83. The van der Waals surface area contributed by atoms with Gasteiger partial charge in [-0.15, -0.1) is 0 Å². The van der Waals surface area contributed by atoms with Gasteiger partial charge in [0.15, 0.2) is 0 Å². The minimum Gasteiger partial charge on any atom is -0.444 e. The van der Waals surface area contributed by atoms with Crippen molar-refractivity contribution in [3.8, 4) is 22.6 Å². The Morgan fingerprint density at radius 3 is 2.54 bits per heavy atom. The molecule has 5 heteroatoms. The van der Waals surface area contributed by atoms with E-state index in [1.807, 2.05) is 56.3 Å². The van der Waals surface area contributed by atoms with Crippen molar-refractivity contribution < 1.29 is 9.21 Å². The third kappa shape index (κ3) is 3.30. The van der Waals surface area contributed by atoms with Gasteiger partial charge in [-0.1, -0.05) is 36.4 Å². The van der Waals surface area contributed by atoms with E-state index in [1.165, 1.54) is 0 Å². The fraction of sp³-hybridized carbons (Fsp3) is 0.0870. The first-order valence-electron chi connectivity index (χ1n) is 8.96. The number of carbonyl (C=O) groups is 1. The Morgan fingerprint density at radius 2 is 1.82 bits per heavy atom. The Morgan fingerprint density at radius 1 is 1.00 bits per heavy atom. The van der Waals surface area contributed by atoms with Crippen molar-refractivity contribution >= 4 is 11.6 Å². The van der Waals surface area contributed by atoms with Gasteiger partial charge in [0.05, 0.1) is 6.20 Å². The van der Waals surface area contributed by atoms with E-state index in [0.29, 0.717) is 17.1 Å². The van der Waals surface area contributed by atoms with Gasteiger partial charge in [0.1, 0.15) is 6.26 Å². The quantitative estimate of drug-likeness (QED) is 0.532. The molecule has 2 heterocycles. The predicted octanol–water partition coefficient (Wildman–Crippen LogP) is 5.27. The highest BCUT2D eigenvalue weighted by atomic mass is 16.3. The highest BCUT2D eigenvalue weighted by Gasteiger charge is 2.18. The number of carbonyl (C=O) groups excluding carboxylic acids is 1. The topological polar surface area (TPSA) is 68.0 Å². The van der Waals surface area contributed by atoms with Crippen LogP contribution in [0.3, 0.4) is 0 Å². The van der Waals surface area contributed by atoms with E-state index in [4.69, 9.17) is 4.42 Å². The summed E-state index contributed by atoms with van der Waals surface area (Å²) in [4.78, 5) is 21.1. The van der Waals surface area contributed by atoms with Crippen LogP contribution in [0.25, 0.3) is 22.6 Å². The molecular weight excluding hydrogens is 350 g/mol. The second-order valence-corrected chi connectivity index (χ2v) is 6.51. The zero-order valence-corrected chi connectivity index (χ0v) is 15.6. The Labute approximate surface area is 163 Å². The highest BCUT2D eigenvalue weighted by molar-refractivity contribution is 6.06. The number of amides is 1. The molecule has 0 saturated carbocycles. The summed E-state index contributed by atoms with van der Waals surface area (Å²) >= 11 is 0.